The van der Waals surface area contributed by atoms with Crippen molar-refractivity contribution in [3.05, 3.63) is 76.4 Å². The smallest absolute Gasteiger partial charge is 0.259 e. The number of anilines is 1. The van der Waals surface area contributed by atoms with Gasteiger partial charge >= 0.3 is 0 Å². The van der Waals surface area contributed by atoms with E-state index in [1.165, 1.54) is 5.69 Å². The number of fused-ring (bicyclic) bond motifs is 1. The number of pyridine rings is 1. The highest BCUT2D eigenvalue weighted by Crippen LogP contribution is 2.19. The largest absolute Gasteiger partial charge is 0.368 e. The molecule has 0 saturated carbocycles. The number of para-hydroxylation sites is 1. The molecule has 1 fully saturated rings. The van der Waals surface area contributed by atoms with Gasteiger partial charge in [-0.1, -0.05) is 35.5 Å². The molecule has 1 N–H and O–H groups in total. The Morgan fingerprint density at radius 2 is 1.85 bits per heavy atom. The van der Waals surface area contributed by atoms with E-state index in [4.69, 9.17) is 4.52 Å². The lowest BCUT2D eigenvalue weighted by Gasteiger charge is -2.36. The Morgan fingerprint density at radius 3 is 2.64 bits per heavy atom. The van der Waals surface area contributed by atoms with Gasteiger partial charge in [0.2, 0.25) is 17.6 Å². The molecule has 4 aromatic rings. The van der Waals surface area contributed by atoms with Crippen LogP contribution >= 0.6 is 0 Å². The van der Waals surface area contributed by atoms with Crippen LogP contribution in [0.2, 0.25) is 0 Å². The lowest BCUT2D eigenvalue weighted by atomic mass is 10.1. The van der Waals surface area contributed by atoms with Crippen molar-refractivity contribution in [3.63, 3.8) is 0 Å². The van der Waals surface area contributed by atoms with E-state index in [1.54, 1.807) is 6.07 Å². The first-order valence-electron chi connectivity index (χ1n) is 11.1. The number of carbonyl (C=O) groups is 1. The third kappa shape index (κ3) is 4.50. The van der Waals surface area contributed by atoms with E-state index in [0.717, 1.165) is 29.6 Å². The number of carbonyl (C=O) groups excluding carboxylic acids is 1. The van der Waals surface area contributed by atoms with Crippen LogP contribution in [0.4, 0.5) is 5.69 Å². The number of aryl methyl sites for hydroxylation is 2. The minimum absolute atomic E-state index is 0.0707. The van der Waals surface area contributed by atoms with E-state index in [1.807, 2.05) is 48.2 Å². The van der Waals surface area contributed by atoms with Crippen molar-refractivity contribution in [2.24, 2.45) is 0 Å². The highest BCUT2D eigenvalue weighted by atomic mass is 16.5. The van der Waals surface area contributed by atoms with Crippen molar-refractivity contribution in [3.8, 4) is 11.4 Å². The predicted molar refractivity (Wildman–Crippen MR) is 126 cm³/mol. The first-order chi connectivity index (χ1) is 16.1. The number of nitrogens with zero attached hydrogens (tertiary/aromatic N) is 4. The number of hydrogen-bond acceptors (Lipinski definition) is 6. The molecule has 1 saturated heterocycles. The zero-order valence-electron chi connectivity index (χ0n) is 18.5. The molecule has 1 aliphatic heterocycles. The number of H-pyrrole nitrogens is 1. The lowest BCUT2D eigenvalue weighted by Crippen LogP contribution is -2.48. The summed E-state index contributed by atoms with van der Waals surface area (Å²) in [5.74, 6) is 0.656. The lowest BCUT2D eigenvalue weighted by molar-refractivity contribution is -0.131. The van der Waals surface area contributed by atoms with Gasteiger partial charge in [0, 0.05) is 50.2 Å². The molecule has 0 spiro atoms. The summed E-state index contributed by atoms with van der Waals surface area (Å²) in [6.07, 6.45) is 0.635. The number of aromatic amines is 1. The van der Waals surface area contributed by atoms with E-state index in [2.05, 4.69) is 32.2 Å². The molecule has 2 aromatic heterocycles. The Morgan fingerprint density at radius 1 is 1.06 bits per heavy atom. The summed E-state index contributed by atoms with van der Waals surface area (Å²) >= 11 is 0. The number of amides is 1. The molecule has 3 heterocycles. The summed E-state index contributed by atoms with van der Waals surface area (Å²) in [6, 6.07) is 17.9. The highest BCUT2D eigenvalue weighted by molar-refractivity contribution is 5.82. The Labute approximate surface area is 190 Å². The van der Waals surface area contributed by atoms with Crippen molar-refractivity contribution < 1.29 is 9.32 Å². The Kier molecular flexibility index (Phi) is 5.64. The summed E-state index contributed by atoms with van der Waals surface area (Å²) in [5.41, 5.74) is 3.10. The second-order valence-corrected chi connectivity index (χ2v) is 8.32. The summed E-state index contributed by atoms with van der Waals surface area (Å²) in [4.78, 5) is 36.6. The first kappa shape index (κ1) is 20.9. The zero-order valence-corrected chi connectivity index (χ0v) is 18.5. The quantitative estimate of drug-likeness (QED) is 0.509. The molecule has 2 aromatic carbocycles. The Hall–Kier alpha value is -3.94. The van der Waals surface area contributed by atoms with Crippen LogP contribution in [0.25, 0.3) is 22.3 Å². The fraction of sp³-hybridized carbons (Fsp3) is 0.280. The molecule has 168 valence electrons. The van der Waals surface area contributed by atoms with Crippen molar-refractivity contribution in [1.29, 1.82) is 0 Å². The van der Waals surface area contributed by atoms with Crippen LogP contribution in [0.15, 0.2) is 63.9 Å². The molecule has 0 unspecified atom stereocenters. The molecule has 5 rings (SSSR count). The molecule has 0 bridgehead atoms. The van der Waals surface area contributed by atoms with Gasteiger partial charge in [-0.2, -0.15) is 4.98 Å². The van der Waals surface area contributed by atoms with Gasteiger partial charge in [0.05, 0.1) is 5.56 Å². The molecule has 0 radical (unpaired) electrons. The van der Waals surface area contributed by atoms with Gasteiger partial charge in [-0.25, -0.2) is 0 Å². The second-order valence-electron chi connectivity index (χ2n) is 8.32. The standard InChI is InChI=1S/C25H25N5O3/c1-17-7-8-18-16-20(25(32)26-21(18)15-17)24-27-22(33-28-24)9-10-23(31)30-13-11-29(12-14-30)19-5-3-2-4-6-19/h2-8,15-16H,9-14H2,1H3,(H,26,32). The summed E-state index contributed by atoms with van der Waals surface area (Å²) < 4.78 is 5.33. The molecule has 0 aliphatic carbocycles. The van der Waals surface area contributed by atoms with Crippen molar-refractivity contribution in [2.75, 3.05) is 31.1 Å². The monoisotopic (exact) mass is 443 g/mol. The van der Waals surface area contributed by atoms with Gasteiger partial charge in [0.25, 0.3) is 5.56 Å². The SMILES string of the molecule is Cc1ccc2cc(-c3noc(CCC(=O)N4CCN(c5ccccc5)CC4)n3)c(=O)[nH]c2c1. The zero-order chi connectivity index (χ0) is 22.8. The summed E-state index contributed by atoms with van der Waals surface area (Å²) in [6.45, 7) is 4.97. The van der Waals surface area contributed by atoms with E-state index < -0.39 is 0 Å². The first-order valence-corrected chi connectivity index (χ1v) is 11.1. The average molecular weight is 444 g/mol. The highest BCUT2D eigenvalue weighted by Gasteiger charge is 2.22. The third-order valence-corrected chi connectivity index (χ3v) is 6.02. The maximum Gasteiger partial charge on any atom is 0.259 e. The van der Waals surface area contributed by atoms with Gasteiger partial charge in [0.15, 0.2) is 0 Å². The molecule has 0 atom stereocenters. The maximum atomic E-state index is 12.7. The van der Waals surface area contributed by atoms with Crippen molar-refractivity contribution >= 4 is 22.5 Å². The van der Waals surface area contributed by atoms with Crippen LogP contribution in [0, 0.1) is 6.92 Å². The van der Waals surface area contributed by atoms with Gasteiger partial charge in [-0.05, 0) is 42.1 Å². The van der Waals surface area contributed by atoms with E-state index in [0.29, 0.717) is 37.4 Å². The van der Waals surface area contributed by atoms with Crippen LogP contribution < -0.4 is 10.5 Å². The normalized spacial score (nSPS) is 14.1. The number of aromatic nitrogens is 3. The topological polar surface area (TPSA) is 95.3 Å². The Bertz CT molecular complexity index is 1340. The second kappa shape index (κ2) is 8.90. The number of piperazine rings is 1. The number of hydrogen-bond donors (Lipinski definition) is 1. The fourth-order valence-electron chi connectivity index (χ4n) is 4.17. The molecule has 1 amide bonds. The van der Waals surface area contributed by atoms with Gasteiger partial charge in [0.1, 0.15) is 0 Å². The molecule has 8 nitrogen and oxygen atoms in total. The van der Waals surface area contributed by atoms with Crippen LogP contribution in [0.3, 0.4) is 0 Å². The summed E-state index contributed by atoms with van der Waals surface area (Å²) in [5, 5.41) is 4.86. The van der Waals surface area contributed by atoms with Gasteiger partial charge in [-0.15, -0.1) is 0 Å². The minimum atomic E-state index is -0.271. The molecule has 8 heteroatoms. The van der Waals surface area contributed by atoms with Gasteiger partial charge < -0.3 is 19.3 Å². The molecule has 1 aliphatic rings. The molecular weight excluding hydrogens is 418 g/mol. The predicted octanol–water partition coefficient (Wildman–Crippen LogP) is 3.17. The molecular formula is C25H25N5O3. The minimum Gasteiger partial charge on any atom is -0.368 e. The van der Waals surface area contributed by atoms with Crippen LogP contribution in [0.5, 0.6) is 0 Å². The van der Waals surface area contributed by atoms with Crippen molar-refractivity contribution in [2.45, 2.75) is 19.8 Å². The van der Waals surface area contributed by atoms with E-state index in [9.17, 15) is 9.59 Å². The average Bonchev–Trinajstić information content (AvgIpc) is 3.31. The number of benzene rings is 2. The van der Waals surface area contributed by atoms with Crippen LogP contribution in [-0.2, 0) is 11.2 Å². The van der Waals surface area contributed by atoms with Crippen LogP contribution in [0.1, 0.15) is 17.9 Å². The Balaban J connectivity index is 1.20. The maximum absolute atomic E-state index is 12.7. The van der Waals surface area contributed by atoms with Crippen molar-refractivity contribution in [1.82, 2.24) is 20.0 Å². The van der Waals surface area contributed by atoms with Crippen LogP contribution in [-0.4, -0.2) is 52.1 Å². The summed E-state index contributed by atoms with van der Waals surface area (Å²) in [7, 11) is 0. The van der Waals surface area contributed by atoms with E-state index in [-0.39, 0.29) is 17.3 Å². The number of rotatable bonds is 5. The third-order valence-electron chi connectivity index (χ3n) is 6.02. The fourth-order valence-corrected chi connectivity index (χ4v) is 4.17. The van der Waals surface area contributed by atoms with E-state index >= 15 is 0 Å². The number of nitrogens with one attached hydrogen (secondary N) is 1. The molecule has 33 heavy (non-hydrogen) atoms. The van der Waals surface area contributed by atoms with Gasteiger partial charge in [-0.3, -0.25) is 9.59 Å².